The highest BCUT2D eigenvalue weighted by atomic mass is 19.1. The standard InChI is InChI=1S/C22H26F2N4O2/c1-2-3-4-18-12-26-21-6-5-15(13-28(18)21)22(30)27-19(20(29)11-25)9-14-7-16(23)10-17(24)8-14/h5-8,10,12-13,19-20,29H,2-4,9,11,25H2,1H3,(H,27,30)/t19-,20+/m0/s1. The quantitative estimate of drug-likeness (QED) is 0.500. The second kappa shape index (κ2) is 9.77. The van der Waals surface area contributed by atoms with Crippen molar-refractivity contribution in [2.45, 2.75) is 44.8 Å². The number of nitrogens with one attached hydrogen (secondary N) is 1. The Kier molecular flexibility index (Phi) is 7.12. The average Bonchev–Trinajstić information content (AvgIpc) is 3.12. The van der Waals surface area contributed by atoms with Crippen molar-refractivity contribution in [3.05, 3.63) is 71.2 Å². The van der Waals surface area contributed by atoms with Gasteiger partial charge in [0.05, 0.1) is 17.7 Å². The van der Waals surface area contributed by atoms with Gasteiger partial charge in [0.2, 0.25) is 0 Å². The van der Waals surface area contributed by atoms with Gasteiger partial charge < -0.3 is 20.6 Å². The van der Waals surface area contributed by atoms with Crippen LogP contribution in [-0.2, 0) is 12.8 Å². The number of amides is 1. The van der Waals surface area contributed by atoms with Crippen LogP contribution in [0.2, 0.25) is 0 Å². The van der Waals surface area contributed by atoms with E-state index in [1.807, 2.05) is 4.40 Å². The Bertz CT molecular complexity index is 1000. The fraction of sp³-hybridized carbons (Fsp3) is 0.364. The summed E-state index contributed by atoms with van der Waals surface area (Å²) in [6, 6.07) is 5.70. The predicted molar refractivity (Wildman–Crippen MR) is 110 cm³/mol. The van der Waals surface area contributed by atoms with Crippen molar-refractivity contribution in [2.24, 2.45) is 5.73 Å². The van der Waals surface area contributed by atoms with Crippen LogP contribution in [0.4, 0.5) is 8.78 Å². The summed E-state index contributed by atoms with van der Waals surface area (Å²) in [4.78, 5) is 17.2. The monoisotopic (exact) mass is 416 g/mol. The molecule has 6 nitrogen and oxygen atoms in total. The molecule has 2 heterocycles. The Morgan fingerprint density at radius 3 is 2.67 bits per heavy atom. The molecule has 2 atom stereocenters. The third-order valence-corrected chi connectivity index (χ3v) is 5.03. The maximum absolute atomic E-state index is 13.5. The Morgan fingerprint density at radius 1 is 1.27 bits per heavy atom. The molecule has 0 unspecified atom stereocenters. The highest BCUT2D eigenvalue weighted by molar-refractivity contribution is 5.94. The van der Waals surface area contributed by atoms with Gasteiger partial charge in [-0.15, -0.1) is 0 Å². The summed E-state index contributed by atoms with van der Waals surface area (Å²) >= 11 is 0. The van der Waals surface area contributed by atoms with Crippen LogP contribution in [0, 0.1) is 11.6 Å². The largest absolute Gasteiger partial charge is 0.390 e. The summed E-state index contributed by atoms with van der Waals surface area (Å²) in [6.07, 6.45) is 5.38. The van der Waals surface area contributed by atoms with E-state index < -0.39 is 29.7 Å². The topological polar surface area (TPSA) is 92.6 Å². The smallest absolute Gasteiger partial charge is 0.253 e. The van der Waals surface area contributed by atoms with Crippen LogP contribution in [-0.4, -0.2) is 39.1 Å². The van der Waals surface area contributed by atoms with Crippen LogP contribution in [0.15, 0.2) is 42.7 Å². The molecule has 0 aliphatic carbocycles. The molecule has 0 saturated carbocycles. The predicted octanol–water partition coefficient (Wildman–Crippen LogP) is 2.62. The number of rotatable bonds is 9. The molecule has 0 bridgehead atoms. The van der Waals surface area contributed by atoms with E-state index in [9.17, 15) is 18.7 Å². The normalized spacial score (nSPS) is 13.4. The minimum Gasteiger partial charge on any atom is -0.390 e. The SMILES string of the molecule is CCCCc1cnc2ccc(C(=O)N[C@@H](Cc3cc(F)cc(F)c3)[C@H](O)CN)cn12. The summed E-state index contributed by atoms with van der Waals surface area (Å²) in [5, 5.41) is 13.0. The summed E-state index contributed by atoms with van der Waals surface area (Å²) in [6.45, 7) is 2.00. The van der Waals surface area contributed by atoms with Gasteiger partial charge in [0.1, 0.15) is 17.3 Å². The number of aromatic nitrogens is 2. The van der Waals surface area contributed by atoms with Gasteiger partial charge in [-0.05, 0) is 49.1 Å². The molecule has 0 saturated heterocycles. The maximum atomic E-state index is 13.5. The number of fused-ring (bicyclic) bond motifs is 1. The zero-order chi connectivity index (χ0) is 21.7. The van der Waals surface area contributed by atoms with Gasteiger partial charge in [-0.25, -0.2) is 13.8 Å². The number of nitrogens with two attached hydrogens (primary N) is 1. The zero-order valence-corrected chi connectivity index (χ0v) is 16.8. The molecule has 8 heteroatoms. The van der Waals surface area contributed by atoms with Crippen LogP contribution in [0.3, 0.4) is 0 Å². The zero-order valence-electron chi connectivity index (χ0n) is 16.8. The number of halogens is 2. The van der Waals surface area contributed by atoms with Crippen LogP contribution in [0.1, 0.15) is 41.4 Å². The number of imidazole rings is 1. The van der Waals surface area contributed by atoms with E-state index in [-0.39, 0.29) is 13.0 Å². The van der Waals surface area contributed by atoms with Gasteiger partial charge in [0.25, 0.3) is 5.91 Å². The number of unbranched alkanes of at least 4 members (excludes halogenated alkanes) is 1. The minimum atomic E-state index is -1.07. The van der Waals surface area contributed by atoms with Crippen molar-refractivity contribution in [1.82, 2.24) is 14.7 Å². The van der Waals surface area contributed by atoms with Gasteiger partial charge in [0.15, 0.2) is 0 Å². The van der Waals surface area contributed by atoms with E-state index in [0.29, 0.717) is 11.1 Å². The molecular formula is C22H26F2N4O2. The van der Waals surface area contributed by atoms with Crippen LogP contribution in [0.5, 0.6) is 0 Å². The number of nitrogens with zero attached hydrogens (tertiary/aromatic N) is 2. The molecule has 0 aliphatic rings. The van der Waals surface area contributed by atoms with Gasteiger partial charge in [-0.1, -0.05) is 13.3 Å². The van der Waals surface area contributed by atoms with Crippen molar-refractivity contribution in [1.29, 1.82) is 0 Å². The van der Waals surface area contributed by atoms with Crippen molar-refractivity contribution in [2.75, 3.05) is 6.54 Å². The Balaban J connectivity index is 1.81. The Morgan fingerprint density at radius 2 is 2.00 bits per heavy atom. The molecule has 2 aromatic heterocycles. The molecule has 0 aliphatic heterocycles. The van der Waals surface area contributed by atoms with Crippen molar-refractivity contribution in [3.8, 4) is 0 Å². The van der Waals surface area contributed by atoms with Crippen molar-refractivity contribution >= 4 is 11.6 Å². The number of aliphatic hydroxyl groups excluding tert-OH is 1. The van der Waals surface area contributed by atoms with Crippen molar-refractivity contribution < 1.29 is 18.7 Å². The molecule has 4 N–H and O–H groups in total. The second-order valence-electron chi connectivity index (χ2n) is 7.36. The first-order valence-corrected chi connectivity index (χ1v) is 10.0. The van der Waals surface area contributed by atoms with Crippen LogP contribution in [0.25, 0.3) is 5.65 Å². The molecule has 0 spiro atoms. The Labute approximate surface area is 173 Å². The van der Waals surface area contributed by atoms with E-state index in [1.165, 1.54) is 12.1 Å². The maximum Gasteiger partial charge on any atom is 0.253 e. The first kappa shape index (κ1) is 21.9. The van der Waals surface area contributed by atoms with Crippen LogP contribution >= 0.6 is 0 Å². The molecule has 30 heavy (non-hydrogen) atoms. The van der Waals surface area contributed by atoms with E-state index in [1.54, 1.807) is 24.5 Å². The van der Waals surface area contributed by atoms with Gasteiger partial charge in [0, 0.05) is 30.7 Å². The van der Waals surface area contributed by atoms with Gasteiger partial charge in [-0.3, -0.25) is 4.79 Å². The van der Waals surface area contributed by atoms with E-state index in [0.717, 1.165) is 36.7 Å². The molecule has 3 aromatic rings. The summed E-state index contributed by atoms with van der Waals surface area (Å²) < 4.78 is 28.9. The number of benzene rings is 1. The van der Waals surface area contributed by atoms with Gasteiger partial charge in [-0.2, -0.15) is 0 Å². The van der Waals surface area contributed by atoms with E-state index >= 15 is 0 Å². The van der Waals surface area contributed by atoms with Crippen LogP contribution < -0.4 is 11.1 Å². The average molecular weight is 416 g/mol. The first-order valence-electron chi connectivity index (χ1n) is 10.0. The highest BCUT2D eigenvalue weighted by Crippen LogP contribution is 2.14. The highest BCUT2D eigenvalue weighted by Gasteiger charge is 2.22. The van der Waals surface area contributed by atoms with E-state index in [4.69, 9.17) is 5.73 Å². The lowest BCUT2D eigenvalue weighted by atomic mass is 10.0. The third kappa shape index (κ3) is 5.20. The fourth-order valence-corrected chi connectivity index (χ4v) is 3.39. The molecule has 1 amide bonds. The fourth-order valence-electron chi connectivity index (χ4n) is 3.39. The molecule has 1 aromatic carbocycles. The number of carbonyl (C=O) groups is 1. The second-order valence-corrected chi connectivity index (χ2v) is 7.36. The summed E-state index contributed by atoms with van der Waals surface area (Å²) in [7, 11) is 0. The summed E-state index contributed by atoms with van der Waals surface area (Å²) in [5.74, 6) is -1.86. The first-order chi connectivity index (χ1) is 14.4. The summed E-state index contributed by atoms with van der Waals surface area (Å²) in [5.41, 5.74) is 8.02. The molecular weight excluding hydrogens is 390 g/mol. The number of carbonyl (C=O) groups excluding carboxylic acids is 1. The lowest BCUT2D eigenvalue weighted by molar-refractivity contribution is 0.0845. The molecule has 0 radical (unpaired) electrons. The number of aliphatic hydroxyl groups is 1. The molecule has 3 rings (SSSR count). The lowest BCUT2D eigenvalue weighted by Crippen LogP contribution is -2.47. The van der Waals surface area contributed by atoms with Crippen molar-refractivity contribution in [3.63, 3.8) is 0 Å². The number of pyridine rings is 1. The Hall–Kier alpha value is -2.84. The molecule has 0 fully saturated rings. The molecule has 160 valence electrons. The number of hydrogen-bond acceptors (Lipinski definition) is 4. The lowest BCUT2D eigenvalue weighted by Gasteiger charge is -2.23. The van der Waals surface area contributed by atoms with E-state index in [2.05, 4.69) is 17.2 Å². The number of hydrogen-bond donors (Lipinski definition) is 3. The van der Waals surface area contributed by atoms with Gasteiger partial charge >= 0.3 is 0 Å². The number of aryl methyl sites for hydroxylation is 1. The minimum absolute atomic E-state index is 0.0356. The third-order valence-electron chi connectivity index (χ3n) is 5.03.